The summed E-state index contributed by atoms with van der Waals surface area (Å²) in [5.74, 6) is 2.73. The van der Waals surface area contributed by atoms with E-state index in [1.54, 1.807) is 0 Å². The number of hydrogen-bond donors (Lipinski definition) is 0. The molecule has 1 aliphatic carbocycles. The molecule has 0 heteroatoms. The Morgan fingerprint density at radius 1 is 0.875 bits per heavy atom. The van der Waals surface area contributed by atoms with Gasteiger partial charge in [0.25, 0.3) is 0 Å². The first kappa shape index (κ1) is 14.1. The van der Waals surface area contributed by atoms with Crippen molar-refractivity contribution in [2.45, 2.75) is 79.6 Å². The summed E-state index contributed by atoms with van der Waals surface area (Å²) < 4.78 is 0. The molecule has 0 saturated heterocycles. The van der Waals surface area contributed by atoms with Crippen LogP contribution in [-0.4, -0.2) is 0 Å². The third kappa shape index (κ3) is 2.63. The SMILES string of the molecule is CCC(CC)C(C)C1(C(C)C)CCCCC1. The maximum absolute atomic E-state index is 2.54. The van der Waals surface area contributed by atoms with Gasteiger partial charge in [-0.05, 0) is 36.0 Å². The maximum atomic E-state index is 2.54. The molecule has 0 radical (unpaired) electrons. The molecule has 0 nitrogen and oxygen atoms in total. The van der Waals surface area contributed by atoms with Crippen molar-refractivity contribution >= 4 is 0 Å². The van der Waals surface area contributed by atoms with Crippen molar-refractivity contribution in [3.8, 4) is 0 Å². The van der Waals surface area contributed by atoms with Crippen LogP contribution in [0.1, 0.15) is 79.6 Å². The third-order valence-electron chi connectivity index (χ3n) is 5.60. The molecular weight excluding hydrogens is 192 g/mol. The lowest BCUT2D eigenvalue weighted by molar-refractivity contribution is 0.0138. The zero-order valence-electron chi connectivity index (χ0n) is 12.2. The first-order valence-electron chi connectivity index (χ1n) is 7.58. The predicted molar refractivity (Wildman–Crippen MR) is 73.6 cm³/mol. The lowest BCUT2D eigenvalue weighted by atomic mass is 9.57. The van der Waals surface area contributed by atoms with Crippen molar-refractivity contribution in [2.24, 2.45) is 23.2 Å². The molecule has 0 aromatic rings. The lowest BCUT2D eigenvalue weighted by Crippen LogP contribution is -2.39. The van der Waals surface area contributed by atoms with Gasteiger partial charge in [0.2, 0.25) is 0 Å². The Morgan fingerprint density at radius 2 is 1.38 bits per heavy atom. The smallest absolute Gasteiger partial charge is 0.0246 e. The van der Waals surface area contributed by atoms with E-state index in [0.29, 0.717) is 5.41 Å². The van der Waals surface area contributed by atoms with Crippen LogP contribution >= 0.6 is 0 Å². The van der Waals surface area contributed by atoms with E-state index in [2.05, 4.69) is 34.6 Å². The molecule has 0 aromatic carbocycles. The van der Waals surface area contributed by atoms with Gasteiger partial charge in [-0.2, -0.15) is 0 Å². The van der Waals surface area contributed by atoms with Crippen LogP contribution in [0.25, 0.3) is 0 Å². The number of rotatable bonds is 5. The van der Waals surface area contributed by atoms with E-state index in [1.807, 2.05) is 0 Å². The Hall–Kier alpha value is 0. The fraction of sp³-hybridized carbons (Fsp3) is 1.00. The Bertz CT molecular complexity index is 182. The predicted octanol–water partition coefficient (Wildman–Crippen LogP) is 5.67. The molecule has 0 N–H and O–H groups in total. The molecule has 0 aromatic heterocycles. The molecule has 0 heterocycles. The fourth-order valence-electron chi connectivity index (χ4n) is 4.23. The molecule has 0 aliphatic heterocycles. The van der Waals surface area contributed by atoms with E-state index in [4.69, 9.17) is 0 Å². The van der Waals surface area contributed by atoms with Crippen molar-refractivity contribution in [2.75, 3.05) is 0 Å². The average Bonchev–Trinajstić information content (AvgIpc) is 2.31. The minimum Gasteiger partial charge on any atom is -0.0651 e. The zero-order chi connectivity index (χ0) is 12.2. The Morgan fingerprint density at radius 3 is 1.75 bits per heavy atom. The second kappa shape index (κ2) is 6.07. The molecule has 1 rings (SSSR count). The topological polar surface area (TPSA) is 0 Å². The highest BCUT2D eigenvalue weighted by Gasteiger charge is 2.41. The summed E-state index contributed by atoms with van der Waals surface area (Å²) in [6, 6.07) is 0. The van der Waals surface area contributed by atoms with Crippen molar-refractivity contribution in [1.82, 2.24) is 0 Å². The van der Waals surface area contributed by atoms with Gasteiger partial charge in [-0.1, -0.05) is 66.7 Å². The summed E-state index contributed by atoms with van der Waals surface area (Å²) in [5.41, 5.74) is 0.662. The van der Waals surface area contributed by atoms with Crippen molar-refractivity contribution < 1.29 is 0 Å². The monoisotopic (exact) mass is 224 g/mol. The van der Waals surface area contributed by atoms with Crippen LogP contribution in [0.4, 0.5) is 0 Å². The van der Waals surface area contributed by atoms with Gasteiger partial charge in [0.05, 0.1) is 0 Å². The van der Waals surface area contributed by atoms with E-state index in [0.717, 1.165) is 17.8 Å². The quantitative estimate of drug-likeness (QED) is 0.565. The van der Waals surface area contributed by atoms with Gasteiger partial charge in [0.1, 0.15) is 0 Å². The van der Waals surface area contributed by atoms with Crippen molar-refractivity contribution in [3.63, 3.8) is 0 Å². The lowest BCUT2D eigenvalue weighted by Gasteiger charge is -2.48. The third-order valence-corrected chi connectivity index (χ3v) is 5.60. The van der Waals surface area contributed by atoms with Gasteiger partial charge in [0.15, 0.2) is 0 Å². The molecule has 16 heavy (non-hydrogen) atoms. The highest BCUT2D eigenvalue weighted by Crippen LogP contribution is 2.51. The van der Waals surface area contributed by atoms with E-state index in [-0.39, 0.29) is 0 Å². The standard InChI is InChI=1S/C16H32/c1-6-15(7-2)14(5)16(13(3)4)11-9-8-10-12-16/h13-15H,6-12H2,1-5H3. The molecular formula is C16H32. The zero-order valence-corrected chi connectivity index (χ0v) is 12.2. The summed E-state index contributed by atoms with van der Waals surface area (Å²) in [6.45, 7) is 12.2. The summed E-state index contributed by atoms with van der Waals surface area (Å²) in [7, 11) is 0. The van der Waals surface area contributed by atoms with Crippen LogP contribution < -0.4 is 0 Å². The van der Waals surface area contributed by atoms with E-state index >= 15 is 0 Å². The van der Waals surface area contributed by atoms with E-state index < -0.39 is 0 Å². The molecule has 1 aliphatic rings. The van der Waals surface area contributed by atoms with Gasteiger partial charge < -0.3 is 0 Å². The van der Waals surface area contributed by atoms with Gasteiger partial charge in [0, 0.05) is 0 Å². The van der Waals surface area contributed by atoms with Gasteiger partial charge >= 0.3 is 0 Å². The fourth-order valence-corrected chi connectivity index (χ4v) is 4.23. The van der Waals surface area contributed by atoms with Crippen molar-refractivity contribution in [3.05, 3.63) is 0 Å². The number of hydrogen-bond acceptors (Lipinski definition) is 0. The average molecular weight is 224 g/mol. The van der Waals surface area contributed by atoms with Gasteiger partial charge in [-0.3, -0.25) is 0 Å². The molecule has 0 bridgehead atoms. The Kier molecular flexibility index (Phi) is 5.34. The largest absolute Gasteiger partial charge is 0.0651 e. The second-order valence-corrected chi connectivity index (χ2v) is 6.31. The highest BCUT2D eigenvalue weighted by atomic mass is 14.5. The minimum atomic E-state index is 0.662. The minimum absolute atomic E-state index is 0.662. The molecule has 0 spiro atoms. The van der Waals surface area contributed by atoms with Crippen LogP contribution in [0.15, 0.2) is 0 Å². The van der Waals surface area contributed by atoms with E-state index in [1.165, 1.54) is 44.9 Å². The van der Waals surface area contributed by atoms with Crippen LogP contribution in [0.2, 0.25) is 0 Å². The van der Waals surface area contributed by atoms with E-state index in [9.17, 15) is 0 Å². The second-order valence-electron chi connectivity index (χ2n) is 6.31. The van der Waals surface area contributed by atoms with Crippen molar-refractivity contribution in [1.29, 1.82) is 0 Å². The maximum Gasteiger partial charge on any atom is -0.0246 e. The molecule has 1 atom stereocenters. The molecule has 96 valence electrons. The first-order chi connectivity index (χ1) is 7.58. The van der Waals surface area contributed by atoms with Crippen LogP contribution in [0, 0.1) is 23.2 Å². The van der Waals surface area contributed by atoms with Crippen LogP contribution in [0.3, 0.4) is 0 Å². The van der Waals surface area contributed by atoms with Crippen LogP contribution in [-0.2, 0) is 0 Å². The van der Waals surface area contributed by atoms with Gasteiger partial charge in [-0.15, -0.1) is 0 Å². The first-order valence-corrected chi connectivity index (χ1v) is 7.58. The van der Waals surface area contributed by atoms with Gasteiger partial charge in [-0.25, -0.2) is 0 Å². The van der Waals surface area contributed by atoms with Crippen LogP contribution in [0.5, 0.6) is 0 Å². The molecule has 0 amide bonds. The molecule has 1 unspecified atom stereocenters. The Labute approximate surface area is 103 Å². The summed E-state index contributed by atoms with van der Waals surface area (Å²) in [4.78, 5) is 0. The summed E-state index contributed by atoms with van der Waals surface area (Å²) in [6.07, 6.45) is 10.1. The summed E-state index contributed by atoms with van der Waals surface area (Å²) in [5, 5.41) is 0. The summed E-state index contributed by atoms with van der Waals surface area (Å²) >= 11 is 0. The normalized spacial score (nSPS) is 22.7. The Balaban J connectivity index is 2.82. The molecule has 1 saturated carbocycles. The molecule has 1 fully saturated rings. The highest BCUT2D eigenvalue weighted by molar-refractivity contribution is 4.91.